The van der Waals surface area contributed by atoms with E-state index in [4.69, 9.17) is 9.47 Å². The molecule has 11 nitrogen and oxygen atoms in total. The minimum Gasteiger partial charge on any atom is -0.453 e. The number of aliphatic hydroxyl groups is 1. The van der Waals surface area contributed by atoms with E-state index >= 15 is 4.39 Å². The number of anilines is 1. The summed E-state index contributed by atoms with van der Waals surface area (Å²) in [5, 5.41) is 12.7. The molecule has 3 heterocycles. The summed E-state index contributed by atoms with van der Waals surface area (Å²) in [5.74, 6) is 1.01. The number of piperidine rings is 1. The highest BCUT2D eigenvalue weighted by Gasteiger charge is 2.53. The van der Waals surface area contributed by atoms with E-state index in [1.165, 1.54) is 13.2 Å². The van der Waals surface area contributed by atoms with Crippen LogP contribution in [0.1, 0.15) is 70.2 Å². The number of carbonyl (C=O) groups excluding carboxylic acids is 1. The molecule has 2 saturated carbocycles. The van der Waals surface area contributed by atoms with Crippen LogP contribution in [-0.4, -0.2) is 104 Å². The number of benzene rings is 2. The van der Waals surface area contributed by atoms with Crippen LogP contribution in [0.3, 0.4) is 0 Å². The number of likely N-dealkylation sites (tertiary alicyclic amines) is 1. The van der Waals surface area contributed by atoms with Crippen LogP contribution in [0.4, 0.5) is 14.9 Å². The van der Waals surface area contributed by atoms with Crippen LogP contribution in [0.15, 0.2) is 65.8 Å². The van der Waals surface area contributed by atoms with Gasteiger partial charge in [0.15, 0.2) is 9.84 Å². The minimum atomic E-state index is -3.48. The zero-order chi connectivity index (χ0) is 38.3. The second kappa shape index (κ2) is 15.2. The first-order chi connectivity index (χ1) is 25.8. The summed E-state index contributed by atoms with van der Waals surface area (Å²) in [7, 11) is -0.309. The number of halogens is 1. The highest BCUT2D eigenvalue weighted by molar-refractivity contribution is 7.92. The molecule has 4 aliphatic rings. The predicted molar refractivity (Wildman–Crippen MR) is 205 cm³/mol. The minimum absolute atomic E-state index is 0.0672. The van der Waals surface area contributed by atoms with Gasteiger partial charge in [0.1, 0.15) is 17.2 Å². The van der Waals surface area contributed by atoms with Crippen molar-refractivity contribution >= 4 is 21.6 Å². The molecule has 3 aromatic rings. The van der Waals surface area contributed by atoms with E-state index in [0.717, 1.165) is 75.2 Å². The number of imidazole rings is 1. The van der Waals surface area contributed by atoms with E-state index in [1.54, 1.807) is 32.2 Å². The van der Waals surface area contributed by atoms with Gasteiger partial charge in [0.25, 0.3) is 0 Å². The number of aryl methyl sites for hydroxylation is 1. The largest absolute Gasteiger partial charge is 0.453 e. The van der Waals surface area contributed by atoms with Gasteiger partial charge in [-0.1, -0.05) is 25.5 Å². The molecule has 2 aromatic carbocycles. The summed E-state index contributed by atoms with van der Waals surface area (Å²) < 4.78 is 54.9. The van der Waals surface area contributed by atoms with Gasteiger partial charge in [-0.15, -0.1) is 0 Å². The monoisotopic (exact) mass is 765 g/mol. The van der Waals surface area contributed by atoms with Crippen molar-refractivity contribution in [3.63, 3.8) is 0 Å². The average molecular weight is 766 g/mol. The van der Waals surface area contributed by atoms with Crippen molar-refractivity contribution < 1.29 is 32.2 Å². The molecule has 1 aromatic heterocycles. The standard InChI is InChI=1S/C41H56FN5O6S/c1-5-37-43-18-21-46(37)28-41(30-8-6-9-31(42)22-30,35-10-7-11-36(35)44-38(48)52-3)29-16-19-45(20-17-29)25-40(53-4)26-47(27-40)32-12-14-33(15-13-32)54(50,51)34-23-39(2,49)24-34/h6,8-9,12-15,18,21-22,29,34-36,49H,5,7,10-11,16-17,19-20,23-28H2,1-4H3,(H,44,48)/t34?,35-,36-,39?,41?/m0/s1. The molecule has 1 unspecified atom stereocenters. The first-order valence-corrected chi connectivity index (χ1v) is 21.1. The van der Waals surface area contributed by atoms with E-state index in [2.05, 4.69) is 37.7 Å². The van der Waals surface area contributed by atoms with E-state index in [9.17, 15) is 18.3 Å². The normalized spacial score (nSPS) is 27.1. The quantitative estimate of drug-likeness (QED) is 0.237. The second-order valence-corrected chi connectivity index (χ2v) is 18.7. The van der Waals surface area contributed by atoms with E-state index in [0.29, 0.717) is 24.5 Å². The second-order valence-electron chi connectivity index (χ2n) is 16.5. The molecular weight excluding hydrogens is 710 g/mol. The number of hydrogen-bond donors (Lipinski definition) is 2. The molecule has 3 atom stereocenters. The maximum absolute atomic E-state index is 15.2. The number of methoxy groups -OCH3 is 2. The van der Waals surface area contributed by atoms with Gasteiger partial charge in [-0.05, 0) is 112 Å². The molecule has 294 valence electrons. The van der Waals surface area contributed by atoms with Gasteiger partial charge >= 0.3 is 6.09 Å². The summed E-state index contributed by atoms with van der Waals surface area (Å²) in [6.07, 6.45) is 9.30. The van der Waals surface area contributed by atoms with Crippen LogP contribution < -0.4 is 10.2 Å². The van der Waals surface area contributed by atoms with Crippen molar-refractivity contribution in [1.82, 2.24) is 19.8 Å². The first-order valence-electron chi connectivity index (χ1n) is 19.5. The Bertz CT molecular complexity index is 1880. The van der Waals surface area contributed by atoms with Crippen LogP contribution in [0.5, 0.6) is 0 Å². The van der Waals surface area contributed by atoms with Crippen LogP contribution >= 0.6 is 0 Å². The summed E-state index contributed by atoms with van der Waals surface area (Å²) in [6, 6.07) is 14.1. The number of rotatable bonds is 13. The van der Waals surface area contributed by atoms with Gasteiger partial charge in [0, 0.05) is 56.2 Å². The fourth-order valence-electron chi connectivity index (χ4n) is 10.2. The molecule has 0 radical (unpaired) electrons. The molecule has 2 aliphatic heterocycles. The Morgan fingerprint density at radius 3 is 2.43 bits per heavy atom. The molecule has 54 heavy (non-hydrogen) atoms. The van der Waals surface area contributed by atoms with Gasteiger partial charge in [-0.3, -0.25) is 0 Å². The Labute approximate surface area is 319 Å². The van der Waals surface area contributed by atoms with Crippen molar-refractivity contribution in [3.05, 3.63) is 78.1 Å². The number of nitrogens with one attached hydrogen (secondary N) is 1. The SMILES string of the molecule is CCc1nccn1CC(c1cccc(F)c1)(C1CCN(CC2(OC)CN(c3ccc(S(=O)(=O)C4CC(C)(O)C4)cc3)C2)CC1)[C@H]1CCC[C@@H]1NC(=O)OC. The lowest BCUT2D eigenvalue weighted by atomic mass is 9.58. The third-order valence-electron chi connectivity index (χ3n) is 13.1. The lowest BCUT2D eigenvalue weighted by Gasteiger charge is -2.54. The van der Waals surface area contributed by atoms with Crippen LogP contribution in [0, 0.1) is 17.7 Å². The highest BCUT2D eigenvalue weighted by atomic mass is 32.2. The zero-order valence-electron chi connectivity index (χ0n) is 32.0. The van der Waals surface area contributed by atoms with E-state index in [1.807, 2.05) is 30.6 Å². The lowest BCUT2D eigenvalue weighted by Crippen LogP contribution is -2.68. The zero-order valence-corrected chi connectivity index (χ0v) is 32.9. The maximum Gasteiger partial charge on any atom is 0.407 e. The number of carbonyl (C=O) groups is 1. The molecule has 1 amide bonds. The third kappa shape index (κ3) is 7.41. The van der Waals surface area contributed by atoms with Gasteiger partial charge in [-0.25, -0.2) is 22.6 Å². The number of alkyl carbamates (subject to hydrolysis) is 1. The fraction of sp³-hybridized carbons (Fsp3) is 0.610. The molecule has 7 rings (SSSR count). The van der Waals surface area contributed by atoms with Crippen molar-refractivity contribution in [1.29, 1.82) is 0 Å². The predicted octanol–water partition coefficient (Wildman–Crippen LogP) is 5.35. The first kappa shape index (κ1) is 38.7. The maximum atomic E-state index is 15.2. The molecule has 0 spiro atoms. The van der Waals surface area contributed by atoms with Gasteiger partial charge in [-0.2, -0.15) is 0 Å². The van der Waals surface area contributed by atoms with Gasteiger partial charge < -0.3 is 34.3 Å². The molecule has 2 saturated heterocycles. The number of aromatic nitrogens is 2. The topological polar surface area (TPSA) is 126 Å². The number of nitrogens with zero attached hydrogens (tertiary/aromatic N) is 4. The number of amides is 1. The molecule has 2 aliphatic carbocycles. The van der Waals surface area contributed by atoms with Gasteiger partial charge in [0.2, 0.25) is 0 Å². The van der Waals surface area contributed by atoms with Gasteiger partial charge in [0.05, 0.1) is 35.9 Å². The average Bonchev–Trinajstić information content (AvgIpc) is 3.80. The molecule has 4 fully saturated rings. The Morgan fingerprint density at radius 1 is 1.07 bits per heavy atom. The Kier molecular flexibility index (Phi) is 10.9. The number of hydrogen-bond acceptors (Lipinski definition) is 9. The van der Waals surface area contributed by atoms with Crippen molar-refractivity contribution in [2.45, 2.75) is 105 Å². The van der Waals surface area contributed by atoms with E-state index in [-0.39, 0.29) is 42.1 Å². The van der Waals surface area contributed by atoms with Crippen LogP contribution in [0.25, 0.3) is 0 Å². The molecule has 13 heteroatoms. The van der Waals surface area contributed by atoms with E-state index < -0.39 is 32.2 Å². The van der Waals surface area contributed by atoms with Crippen LogP contribution in [-0.2, 0) is 37.7 Å². The number of sulfone groups is 1. The fourth-order valence-corrected chi connectivity index (χ4v) is 12.3. The van der Waals surface area contributed by atoms with Crippen molar-refractivity contribution in [2.24, 2.45) is 11.8 Å². The molecule has 0 bridgehead atoms. The Hall–Kier alpha value is -3.52. The smallest absolute Gasteiger partial charge is 0.407 e. The molecule has 2 N–H and O–H groups in total. The Morgan fingerprint density at radius 2 is 1.80 bits per heavy atom. The summed E-state index contributed by atoms with van der Waals surface area (Å²) >= 11 is 0. The van der Waals surface area contributed by atoms with Crippen molar-refractivity contribution in [3.8, 4) is 0 Å². The van der Waals surface area contributed by atoms with Crippen LogP contribution in [0.2, 0.25) is 0 Å². The Balaban J connectivity index is 1.08. The summed E-state index contributed by atoms with van der Waals surface area (Å²) in [6.45, 7) is 8.31. The molecular formula is C41H56FN5O6S. The highest BCUT2D eigenvalue weighted by Crippen LogP contribution is 2.52. The summed E-state index contributed by atoms with van der Waals surface area (Å²) in [5.41, 5.74) is 0.200. The lowest BCUT2D eigenvalue weighted by molar-refractivity contribution is -0.0647. The third-order valence-corrected chi connectivity index (χ3v) is 15.2. The summed E-state index contributed by atoms with van der Waals surface area (Å²) in [4.78, 5) is 22.3. The van der Waals surface area contributed by atoms with Crippen molar-refractivity contribution in [2.75, 3.05) is 51.8 Å². The number of ether oxygens (including phenoxy) is 2.